The zero-order valence-electron chi connectivity index (χ0n) is 38.0. The van der Waals surface area contributed by atoms with Crippen molar-refractivity contribution in [3.63, 3.8) is 0 Å². The Kier molecular flexibility index (Phi) is 8.77. The van der Waals surface area contributed by atoms with Crippen molar-refractivity contribution >= 4 is 87.2 Å². The van der Waals surface area contributed by atoms with Gasteiger partial charge in [-0.2, -0.15) is 23.7 Å². The van der Waals surface area contributed by atoms with Gasteiger partial charge in [-0.05, 0) is 97.1 Å². The summed E-state index contributed by atoms with van der Waals surface area (Å²) in [4.78, 5) is 0. The number of nitrogens with zero attached hydrogens (tertiary/aromatic N) is 6. The van der Waals surface area contributed by atoms with Crippen LogP contribution in [0.5, 0.6) is 0 Å². The van der Waals surface area contributed by atoms with Crippen molar-refractivity contribution < 1.29 is 13.2 Å². The molecular formula is C63H35F3N6. The normalized spacial score (nSPS) is 12.1. The van der Waals surface area contributed by atoms with Crippen molar-refractivity contribution in [2.45, 2.75) is 6.18 Å². The van der Waals surface area contributed by atoms with Gasteiger partial charge >= 0.3 is 6.18 Å². The molecular weight excluding hydrogens is 898 g/mol. The van der Waals surface area contributed by atoms with E-state index in [4.69, 9.17) is 0 Å². The van der Waals surface area contributed by atoms with Crippen LogP contribution in [0.25, 0.3) is 121 Å². The molecule has 4 heterocycles. The van der Waals surface area contributed by atoms with Crippen LogP contribution in [0.15, 0.2) is 212 Å². The van der Waals surface area contributed by atoms with E-state index in [9.17, 15) is 10.5 Å². The van der Waals surface area contributed by atoms with Crippen LogP contribution in [0.3, 0.4) is 0 Å². The molecule has 14 aromatic rings. The molecule has 0 saturated carbocycles. The van der Waals surface area contributed by atoms with Crippen LogP contribution in [0.1, 0.15) is 16.7 Å². The molecule has 6 nitrogen and oxygen atoms in total. The smallest absolute Gasteiger partial charge is 0.309 e. The molecule has 0 fully saturated rings. The second kappa shape index (κ2) is 15.3. The molecule has 0 unspecified atom stereocenters. The zero-order chi connectivity index (χ0) is 48.4. The Balaban J connectivity index is 1.06. The highest BCUT2D eigenvalue weighted by Gasteiger charge is 2.36. The Morgan fingerprint density at radius 2 is 0.681 bits per heavy atom. The Bertz CT molecular complexity index is 4610. The summed E-state index contributed by atoms with van der Waals surface area (Å²) in [7, 11) is 0. The summed E-state index contributed by atoms with van der Waals surface area (Å²) in [6, 6.07) is 72.9. The third-order valence-electron chi connectivity index (χ3n) is 14.5. The fraction of sp³-hybridized carbons (Fsp3) is 0.0159. The molecule has 0 radical (unpaired) electrons. The van der Waals surface area contributed by atoms with Gasteiger partial charge in [0.05, 0.1) is 78.3 Å². The number of fused-ring (bicyclic) bond motifs is 12. The van der Waals surface area contributed by atoms with E-state index < -0.39 is 11.7 Å². The number of aromatic nitrogens is 4. The first kappa shape index (κ1) is 41.2. The molecule has 4 aromatic heterocycles. The van der Waals surface area contributed by atoms with E-state index in [2.05, 4.69) is 88.0 Å². The third-order valence-corrected chi connectivity index (χ3v) is 14.5. The Morgan fingerprint density at radius 1 is 0.319 bits per heavy atom. The SMILES string of the molecule is N#Cc1cc(-n2c3ccccc3c3cc(-n4c5ccccc5c5ccccc54)ccc32)c(-c2c(C#N)cccc2C(F)(F)F)cc1-n1c2ccccc2c2cc(-n3c4ccccc4c4ccccc43)ccc21. The number of hydrogen-bond donors (Lipinski definition) is 0. The standard InChI is InChI=1S/C63H35F3N6/c64-63(65,66)51-21-13-14-38(36-67)62(51)50-35-60(71-56-26-11-5-19-46(56)48-33-40(28-30-58(48)71)69-52-22-7-1-15-42(52)43-16-2-8-23-53(43)69)39(37-68)32-61(50)72-57-27-12-6-20-47(57)49-34-41(29-31-59(49)72)70-54-24-9-3-17-44(54)45-18-4-10-25-55(45)70/h1-35H. The quantitative estimate of drug-likeness (QED) is 0.173. The van der Waals surface area contributed by atoms with Crippen LogP contribution in [0.2, 0.25) is 0 Å². The van der Waals surface area contributed by atoms with Gasteiger partial charge in [0.15, 0.2) is 0 Å². The number of halogens is 3. The maximum atomic E-state index is 15.5. The van der Waals surface area contributed by atoms with Crippen LogP contribution < -0.4 is 0 Å². The van der Waals surface area contributed by atoms with E-state index in [-0.39, 0.29) is 22.3 Å². The van der Waals surface area contributed by atoms with Gasteiger partial charge in [0, 0.05) is 65.6 Å². The van der Waals surface area contributed by atoms with Gasteiger partial charge in [0.25, 0.3) is 0 Å². The van der Waals surface area contributed by atoms with Crippen LogP contribution in [-0.2, 0) is 6.18 Å². The summed E-state index contributed by atoms with van der Waals surface area (Å²) in [5, 5.41) is 30.1. The number of alkyl halides is 3. The topological polar surface area (TPSA) is 67.3 Å². The summed E-state index contributed by atoms with van der Waals surface area (Å²) in [6.07, 6.45) is -4.83. The molecule has 9 heteroatoms. The number of para-hydroxylation sites is 6. The molecule has 10 aromatic carbocycles. The van der Waals surface area contributed by atoms with E-state index in [1.54, 1.807) is 12.1 Å². The average Bonchev–Trinajstić information content (AvgIpc) is 4.15. The first-order valence-electron chi connectivity index (χ1n) is 23.5. The van der Waals surface area contributed by atoms with E-state index in [0.29, 0.717) is 11.4 Å². The molecule has 0 atom stereocenters. The summed E-state index contributed by atoms with van der Waals surface area (Å²) in [5.41, 5.74) is 8.73. The second-order valence-corrected chi connectivity index (χ2v) is 18.2. The van der Waals surface area contributed by atoms with E-state index in [0.717, 1.165) is 105 Å². The highest BCUT2D eigenvalue weighted by atomic mass is 19.4. The van der Waals surface area contributed by atoms with Gasteiger partial charge in [-0.3, -0.25) is 0 Å². The lowest BCUT2D eigenvalue weighted by molar-refractivity contribution is -0.137. The monoisotopic (exact) mass is 932 g/mol. The lowest BCUT2D eigenvalue weighted by Crippen LogP contribution is -2.11. The highest BCUT2D eigenvalue weighted by Crippen LogP contribution is 2.47. The third kappa shape index (κ3) is 5.83. The van der Waals surface area contributed by atoms with Crippen molar-refractivity contribution in [2.24, 2.45) is 0 Å². The van der Waals surface area contributed by atoms with Crippen LogP contribution in [0, 0.1) is 22.7 Å². The van der Waals surface area contributed by atoms with Gasteiger partial charge < -0.3 is 18.3 Å². The second-order valence-electron chi connectivity index (χ2n) is 18.2. The number of hydrogen-bond acceptors (Lipinski definition) is 2. The van der Waals surface area contributed by atoms with Gasteiger partial charge in [0.1, 0.15) is 6.07 Å². The fourth-order valence-corrected chi connectivity index (χ4v) is 11.5. The molecule has 0 N–H and O–H groups in total. The van der Waals surface area contributed by atoms with E-state index in [1.165, 1.54) is 12.1 Å². The molecule has 14 rings (SSSR count). The molecule has 72 heavy (non-hydrogen) atoms. The molecule has 338 valence electrons. The van der Waals surface area contributed by atoms with Crippen LogP contribution >= 0.6 is 0 Å². The number of rotatable bonds is 5. The first-order chi connectivity index (χ1) is 35.3. The molecule has 0 aliphatic heterocycles. The van der Waals surface area contributed by atoms with Crippen molar-refractivity contribution in [1.29, 1.82) is 10.5 Å². The van der Waals surface area contributed by atoms with Crippen molar-refractivity contribution in [3.05, 3.63) is 229 Å². The Labute approximate surface area is 408 Å². The minimum absolute atomic E-state index is 0.144. The van der Waals surface area contributed by atoms with Crippen LogP contribution in [0.4, 0.5) is 13.2 Å². The maximum absolute atomic E-state index is 15.5. The number of benzene rings is 10. The number of nitriles is 2. The summed E-state index contributed by atoms with van der Waals surface area (Å²) in [5.74, 6) is 0. The van der Waals surface area contributed by atoms with Crippen molar-refractivity contribution in [3.8, 4) is 46.0 Å². The molecule has 0 amide bonds. The molecule has 0 aliphatic carbocycles. The summed E-state index contributed by atoms with van der Waals surface area (Å²) in [6.45, 7) is 0. The zero-order valence-corrected chi connectivity index (χ0v) is 38.0. The highest BCUT2D eigenvalue weighted by molar-refractivity contribution is 6.15. The van der Waals surface area contributed by atoms with E-state index in [1.807, 2.05) is 124 Å². The van der Waals surface area contributed by atoms with Crippen molar-refractivity contribution in [1.82, 2.24) is 18.3 Å². The molecule has 0 saturated heterocycles. The van der Waals surface area contributed by atoms with Crippen molar-refractivity contribution in [2.75, 3.05) is 0 Å². The average molecular weight is 933 g/mol. The largest absolute Gasteiger partial charge is 0.417 e. The predicted molar refractivity (Wildman–Crippen MR) is 284 cm³/mol. The molecule has 0 spiro atoms. The Morgan fingerprint density at radius 3 is 1.08 bits per heavy atom. The molecule has 0 bridgehead atoms. The van der Waals surface area contributed by atoms with Crippen LogP contribution in [-0.4, -0.2) is 18.3 Å². The lowest BCUT2D eigenvalue weighted by atomic mass is 9.91. The van der Waals surface area contributed by atoms with Gasteiger partial charge in [0.2, 0.25) is 0 Å². The van der Waals surface area contributed by atoms with E-state index >= 15 is 13.2 Å². The van der Waals surface area contributed by atoms with Gasteiger partial charge in [-0.1, -0.05) is 115 Å². The summed E-state index contributed by atoms with van der Waals surface area (Å²) < 4.78 is 55.0. The Hall–Kier alpha value is -9.83. The predicted octanol–water partition coefficient (Wildman–Crippen LogP) is 16.5. The first-order valence-corrected chi connectivity index (χ1v) is 23.5. The minimum atomic E-state index is -4.83. The fourth-order valence-electron chi connectivity index (χ4n) is 11.5. The molecule has 0 aliphatic rings. The maximum Gasteiger partial charge on any atom is 0.417 e. The van der Waals surface area contributed by atoms with Gasteiger partial charge in [-0.15, -0.1) is 0 Å². The minimum Gasteiger partial charge on any atom is -0.309 e. The van der Waals surface area contributed by atoms with Gasteiger partial charge in [-0.25, -0.2) is 0 Å². The lowest BCUT2D eigenvalue weighted by Gasteiger charge is -2.22. The summed E-state index contributed by atoms with van der Waals surface area (Å²) >= 11 is 0.